The summed E-state index contributed by atoms with van der Waals surface area (Å²) in [6.07, 6.45) is 2.89. The number of para-hydroxylation sites is 1. The fraction of sp³-hybridized carbons (Fsp3) is 0.360. The van der Waals surface area contributed by atoms with E-state index in [9.17, 15) is 9.59 Å². The number of amides is 1. The fourth-order valence-electron chi connectivity index (χ4n) is 3.50. The van der Waals surface area contributed by atoms with Crippen LogP contribution in [0.2, 0.25) is 15.1 Å². The first-order valence-electron chi connectivity index (χ1n) is 10.9. The molecule has 1 aromatic heterocycles. The van der Waals surface area contributed by atoms with Gasteiger partial charge in [0.2, 0.25) is 0 Å². The highest BCUT2D eigenvalue weighted by Crippen LogP contribution is 2.35. The van der Waals surface area contributed by atoms with Crippen LogP contribution >= 0.6 is 34.8 Å². The molecule has 1 heterocycles. The van der Waals surface area contributed by atoms with E-state index in [-0.39, 0.29) is 20.8 Å². The number of hydrogen-bond donors (Lipinski definition) is 2. The molecule has 3 aromatic rings. The molecule has 1 amide bonds. The number of hydrogen-bond acceptors (Lipinski definition) is 4. The number of nitrogens with one attached hydrogen (secondary N) is 2. The topological polar surface area (TPSA) is 80.4 Å². The summed E-state index contributed by atoms with van der Waals surface area (Å²) >= 11 is 18.2. The van der Waals surface area contributed by atoms with Gasteiger partial charge in [-0.3, -0.25) is 4.79 Å². The van der Waals surface area contributed by atoms with Gasteiger partial charge in [-0.1, -0.05) is 53.0 Å². The van der Waals surface area contributed by atoms with E-state index in [0.717, 1.165) is 16.5 Å². The van der Waals surface area contributed by atoms with Crippen LogP contribution in [0, 0.1) is 5.92 Å². The van der Waals surface area contributed by atoms with Crippen molar-refractivity contribution < 1.29 is 19.1 Å². The van der Waals surface area contributed by atoms with Crippen LogP contribution < -0.4 is 10.1 Å². The molecule has 9 heteroatoms. The van der Waals surface area contributed by atoms with E-state index in [2.05, 4.69) is 10.3 Å². The minimum Gasteiger partial charge on any atom is -0.444 e. The zero-order valence-corrected chi connectivity index (χ0v) is 21.5. The molecule has 0 aliphatic rings. The van der Waals surface area contributed by atoms with E-state index in [0.29, 0.717) is 25.8 Å². The minimum absolute atomic E-state index is 0.150. The molecule has 1 atom stereocenters. The first kappa shape index (κ1) is 26.2. The molecule has 2 N–H and O–H groups in total. The Hall–Kier alpha value is -2.41. The Labute approximate surface area is 213 Å². The predicted octanol–water partition coefficient (Wildman–Crippen LogP) is 7.20. The van der Waals surface area contributed by atoms with E-state index in [4.69, 9.17) is 44.3 Å². The summed E-state index contributed by atoms with van der Waals surface area (Å²) in [5.74, 6) is -0.773. The van der Waals surface area contributed by atoms with E-state index in [1.165, 1.54) is 12.1 Å². The van der Waals surface area contributed by atoms with Crippen LogP contribution in [0.3, 0.4) is 0 Å². The molecule has 34 heavy (non-hydrogen) atoms. The molecule has 0 saturated carbocycles. The van der Waals surface area contributed by atoms with Crippen molar-refractivity contribution in [1.82, 2.24) is 10.3 Å². The van der Waals surface area contributed by atoms with Crippen molar-refractivity contribution in [3.8, 4) is 5.75 Å². The number of rotatable bonds is 8. The van der Waals surface area contributed by atoms with Crippen molar-refractivity contribution >= 4 is 57.8 Å². The molecular weight excluding hydrogens is 499 g/mol. The summed E-state index contributed by atoms with van der Waals surface area (Å²) < 4.78 is 10.9. The summed E-state index contributed by atoms with van der Waals surface area (Å²) in [6.45, 7) is 5.76. The highest BCUT2D eigenvalue weighted by atomic mass is 35.5. The van der Waals surface area contributed by atoms with Gasteiger partial charge in [0.25, 0.3) is 0 Å². The summed E-state index contributed by atoms with van der Waals surface area (Å²) in [5.41, 5.74) is 1.41. The summed E-state index contributed by atoms with van der Waals surface area (Å²) in [4.78, 5) is 28.3. The van der Waals surface area contributed by atoms with Crippen molar-refractivity contribution in [2.45, 2.75) is 45.6 Å². The number of alkyl carbamates (subject to hydrolysis) is 1. The largest absolute Gasteiger partial charge is 0.444 e. The van der Waals surface area contributed by atoms with Gasteiger partial charge >= 0.3 is 12.1 Å². The quantitative estimate of drug-likeness (QED) is 0.141. The smallest absolute Gasteiger partial charge is 0.407 e. The lowest BCUT2D eigenvalue weighted by molar-refractivity contribution is -0.139. The Kier molecular flexibility index (Phi) is 8.74. The number of ether oxygens (including phenoxy) is 2. The maximum atomic E-state index is 13.2. The Morgan fingerprint density at radius 3 is 2.50 bits per heavy atom. The maximum Gasteiger partial charge on any atom is 0.407 e. The first-order valence-corrected chi connectivity index (χ1v) is 12.0. The number of aromatic amines is 1. The number of carbonyl (C=O) groups is 2. The van der Waals surface area contributed by atoms with Crippen LogP contribution in [-0.4, -0.2) is 29.2 Å². The summed E-state index contributed by atoms with van der Waals surface area (Å²) in [6, 6.07) is 10.7. The maximum absolute atomic E-state index is 13.2. The molecule has 0 aliphatic heterocycles. The van der Waals surface area contributed by atoms with E-state index in [1.54, 1.807) is 20.8 Å². The Balaban J connectivity index is 1.71. The zero-order valence-electron chi connectivity index (χ0n) is 19.2. The number of fused-ring (bicyclic) bond motifs is 1. The van der Waals surface area contributed by atoms with Gasteiger partial charge in [-0.2, -0.15) is 0 Å². The lowest BCUT2D eigenvalue weighted by atomic mass is 9.94. The normalized spacial score (nSPS) is 12.4. The van der Waals surface area contributed by atoms with Gasteiger partial charge in [0, 0.05) is 29.7 Å². The standard InChI is InChI=1S/C25H27Cl3N2O4/c1-25(2,3)34-24(32)29-10-6-7-15(11-16-14-30-21-9-5-4-8-17(16)21)23(31)33-22-13-19(27)18(26)12-20(22)28/h4-5,8-9,12-15,30H,6-7,10-11H2,1-3H3,(H,29,32). The van der Waals surface area contributed by atoms with Gasteiger partial charge in [-0.15, -0.1) is 0 Å². The van der Waals surface area contributed by atoms with Gasteiger partial charge in [0.1, 0.15) is 5.60 Å². The first-order chi connectivity index (χ1) is 16.0. The monoisotopic (exact) mass is 524 g/mol. The molecule has 1 unspecified atom stereocenters. The van der Waals surface area contributed by atoms with Crippen molar-refractivity contribution in [2.75, 3.05) is 6.54 Å². The van der Waals surface area contributed by atoms with Gasteiger partial charge < -0.3 is 19.8 Å². The predicted molar refractivity (Wildman–Crippen MR) is 136 cm³/mol. The van der Waals surface area contributed by atoms with Crippen LogP contribution in [0.4, 0.5) is 4.79 Å². The molecule has 0 aliphatic carbocycles. The molecule has 2 aromatic carbocycles. The van der Waals surface area contributed by atoms with Crippen LogP contribution in [0.25, 0.3) is 10.9 Å². The third kappa shape index (κ3) is 7.29. The summed E-state index contributed by atoms with van der Waals surface area (Å²) in [5, 5.41) is 4.47. The summed E-state index contributed by atoms with van der Waals surface area (Å²) in [7, 11) is 0. The molecule has 0 radical (unpaired) electrons. The lowest BCUT2D eigenvalue weighted by Gasteiger charge is -2.20. The number of halogens is 3. The van der Waals surface area contributed by atoms with Gasteiger partial charge in [-0.05, 0) is 57.7 Å². The van der Waals surface area contributed by atoms with Crippen molar-refractivity contribution in [1.29, 1.82) is 0 Å². The van der Waals surface area contributed by atoms with Crippen LogP contribution in [0.5, 0.6) is 5.75 Å². The number of benzene rings is 2. The highest BCUT2D eigenvalue weighted by molar-refractivity contribution is 6.43. The SMILES string of the molecule is CC(C)(C)OC(=O)NCCCC(Cc1c[nH]c2ccccc12)C(=O)Oc1cc(Cl)c(Cl)cc1Cl. The second kappa shape index (κ2) is 11.3. The van der Waals surface area contributed by atoms with E-state index in [1.807, 2.05) is 30.5 Å². The zero-order chi connectivity index (χ0) is 24.9. The number of aromatic nitrogens is 1. The van der Waals surface area contributed by atoms with Crippen LogP contribution in [0.1, 0.15) is 39.2 Å². The molecule has 6 nitrogen and oxygen atoms in total. The van der Waals surface area contributed by atoms with Gasteiger partial charge in [0.15, 0.2) is 5.75 Å². The van der Waals surface area contributed by atoms with Gasteiger partial charge in [0.05, 0.1) is 21.0 Å². The Morgan fingerprint density at radius 1 is 1.06 bits per heavy atom. The number of esters is 1. The molecule has 0 saturated heterocycles. The third-order valence-electron chi connectivity index (χ3n) is 5.06. The van der Waals surface area contributed by atoms with Crippen molar-refractivity contribution in [2.24, 2.45) is 5.92 Å². The molecule has 0 spiro atoms. The Morgan fingerprint density at radius 2 is 1.76 bits per heavy atom. The number of H-pyrrole nitrogens is 1. The second-order valence-corrected chi connectivity index (χ2v) is 10.2. The van der Waals surface area contributed by atoms with Crippen molar-refractivity contribution in [3.05, 3.63) is 63.2 Å². The molecule has 0 fully saturated rings. The lowest BCUT2D eigenvalue weighted by Crippen LogP contribution is -2.33. The van der Waals surface area contributed by atoms with E-state index >= 15 is 0 Å². The molecular formula is C25H27Cl3N2O4. The Bertz CT molecular complexity index is 1170. The second-order valence-electron chi connectivity index (χ2n) is 8.95. The van der Waals surface area contributed by atoms with Gasteiger partial charge in [-0.25, -0.2) is 4.79 Å². The third-order valence-corrected chi connectivity index (χ3v) is 6.08. The molecule has 0 bridgehead atoms. The van der Waals surface area contributed by atoms with Crippen LogP contribution in [0.15, 0.2) is 42.6 Å². The minimum atomic E-state index is -0.578. The highest BCUT2D eigenvalue weighted by Gasteiger charge is 2.24. The average Bonchev–Trinajstić information content (AvgIpc) is 3.15. The van der Waals surface area contributed by atoms with Crippen molar-refractivity contribution in [3.63, 3.8) is 0 Å². The van der Waals surface area contributed by atoms with E-state index < -0.39 is 23.6 Å². The molecule has 3 rings (SSSR count). The fourth-order valence-corrected chi connectivity index (χ4v) is 4.07. The van der Waals surface area contributed by atoms with Crippen LogP contribution in [-0.2, 0) is 16.0 Å². The molecule has 182 valence electrons. The average molecular weight is 526 g/mol. The number of carbonyl (C=O) groups excluding carboxylic acids is 2.